The number of nitriles is 1. The molecule has 1 N–H and O–H groups in total. The average molecular weight is 392 g/mol. The van der Waals surface area contributed by atoms with E-state index in [0.29, 0.717) is 10.9 Å². The number of hydrogen-bond donors (Lipinski definition) is 1. The summed E-state index contributed by atoms with van der Waals surface area (Å²) < 4.78 is 28.3. The van der Waals surface area contributed by atoms with Crippen molar-refractivity contribution in [2.24, 2.45) is 5.92 Å². The molecular formula is C22H20N2O3S. The molecule has 2 atom stereocenters. The lowest BCUT2D eigenvalue weighted by Gasteiger charge is -2.18. The number of phenols is 1. The van der Waals surface area contributed by atoms with Gasteiger partial charge in [0.25, 0.3) is 0 Å². The van der Waals surface area contributed by atoms with Gasteiger partial charge in [-0.1, -0.05) is 54.6 Å². The number of para-hydroxylation sites is 1. The molecule has 0 saturated carbocycles. The average Bonchev–Trinajstić information content (AvgIpc) is 3.13. The molecule has 142 valence electrons. The molecule has 0 spiro atoms. The van der Waals surface area contributed by atoms with Gasteiger partial charge in [0.2, 0.25) is 10.0 Å². The van der Waals surface area contributed by atoms with Crippen LogP contribution in [0.15, 0.2) is 71.6 Å². The van der Waals surface area contributed by atoms with Gasteiger partial charge < -0.3 is 5.11 Å². The highest BCUT2D eigenvalue weighted by molar-refractivity contribution is 7.89. The third-order valence-electron chi connectivity index (χ3n) is 5.46. The molecule has 1 saturated heterocycles. The molecule has 6 heteroatoms. The van der Waals surface area contributed by atoms with Crippen molar-refractivity contribution < 1.29 is 13.5 Å². The van der Waals surface area contributed by atoms with Crippen molar-refractivity contribution >= 4 is 20.8 Å². The molecule has 2 unspecified atom stereocenters. The van der Waals surface area contributed by atoms with Crippen LogP contribution in [0.3, 0.4) is 0 Å². The van der Waals surface area contributed by atoms with E-state index in [2.05, 4.69) is 6.07 Å². The molecule has 1 aliphatic heterocycles. The molecule has 0 aliphatic carbocycles. The molecule has 0 aromatic heterocycles. The number of aromatic hydroxyl groups is 1. The lowest BCUT2D eigenvalue weighted by molar-refractivity contribution is 0.447. The summed E-state index contributed by atoms with van der Waals surface area (Å²) in [6.07, 6.45) is 0.237. The molecule has 0 radical (unpaired) electrons. The molecule has 3 aromatic carbocycles. The smallest absolute Gasteiger partial charge is 0.243 e. The highest BCUT2D eigenvalue weighted by Gasteiger charge is 2.41. The summed E-state index contributed by atoms with van der Waals surface area (Å²) in [6.45, 7) is 0.508. The number of rotatable bonds is 4. The van der Waals surface area contributed by atoms with Crippen molar-refractivity contribution in [3.63, 3.8) is 0 Å². The van der Waals surface area contributed by atoms with Crippen LogP contribution in [0.4, 0.5) is 0 Å². The summed E-state index contributed by atoms with van der Waals surface area (Å²) in [5.74, 6) is -0.242. The summed E-state index contributed by atoms with van der Waals surface area (Å²) in [5.41, 5.74) is 0.693. The van der Waals surface area contributed by atoms with Gasteiger partial charge in [-0.2, -0.15) is 9.57 Å². The Kier molecular flexibility index (Phi) is 4.80. The predicted molar refractivity (Wildman–Crippen MR) is 107 cm³/mol. The van der Waals surface area contributed by atoms with Gasteiger partial charge in [-0.25, -0.2) is 8.42 Å². The van der Waals surface area contributed by atoms with E-state index in [1.54, 1.807) is 30.3 Å². The molecule has 0 amide bonds. The number of nitrogens with zero attached hydrogens (tertiary/aromatic N) is 2. The Bertz CT molecular complexity index is 1160. The van der Waals surface area contributed by atoms with Crippen LogP contribution in [0.25, 0.3) is 10.8 Å². The van der Waals surface area contributed by atoms with E-state index < -0.39 is 10.0 Å². The second-order valence-corrected chi connectivity index (χ2v) is 8.99. The quantitative estimate of drug-likeness (QED) is 0.731. The summed E-state index contributed by atoms with van der Waals surface area (Å²) in [5, 5.41) is 21.0. The van der Waals surface area contributed by atoms with Crippen LogP contribution in [0.5, 0.6) is 5.75 Å². The topological polar surface area (TPSA) is 81.4 Å². The van der Waals surface area contributed by atoms with Gasteiger partial charge in [0, 0.05) is 30.8 Å². The monoisotopic (exact) mass is 392 g/mol. The zero-order valence-corrected chi connectivity index (χ0v) is 16.0. The SMILES string of the molecule is N#CCC1CN(S(=O)(=O)c2cccc3ccccc23)CC1c1ccccc1O. The maximum absolute atomic E-state index is 13.4. The van der Waals surface area contributed by atoms with Crippen molar-refractivity contribution in [3.8, 4) is 11.8 Å². The molecule has 3 aromatic rings. The van der Waals surface area contributed by atoms with E-state index in [1.807, 2.05) is 36.4 Å². The van der Waals surface area contributed by atoms with Crippen molar-refractivity contribution in [3.05, 3.63) is 72.3 Å². The fourth-order valence-corrected chi connectivity index (χ4v) is 5.80. The first-order valence-corrected chi connectivity index (χ1v) is 10.6. The fraction of sp³-hybridized carbons (Fsp3) is 0.227. The Morgan fingerprint density at radius 1 is 1.00 bits per heavy atom. The first-order valence-electron chi connectivity index (χ1n) is 9.15. The second-order valence-electron chi connectivity index (χ2n) is 7.09. The highest BCUT2D eigenvalue weighted by Crippen LogP contribution is 2.41. The van der Waals surface area contributed by atoms with E-state index in [1.165, 1.54) is 4.31 Å². The molecule has 4 rings (SSSR count). The standard InChI is InChI=1S/C22H20N2O3S/c23-13-12-17-14-24(15-20(17)19-9-3-4-10-21(19)25)28(26,27)22-11-5-7-16-6-1-2-8-18(16)22/h1-11,17,20,25H,12,14-15H2. The van der Waals surface area contributed by atoms with E-state index in [9.17, 15) is 18.8 Å². The van der Waals surface area contributed by atoms with Gasteiger partial charge in [0.1, 0.15) is 5.75 Å². The highest BCUT2D eigenvalue weighted by atomic mass is 32.2. The van der Waals surface area contributed by atoms with Crippen molar-refractivity contribution in [2.45, 2.75) is 17.2 Å². The van der Waals surface area contributed by atoms with Gasteiger partial charge in [0.15, 0.2) is 0 Å². The molecular weight excluding hydrogens is 372 g/mol. The Morgan fingerprint density at radius 3 is 2.50 bits per heavy atom. The number of benzene rings is 3. The van der Waals surface area contributed by atoms with E-state index in [0.717, 1.165) is 5.39 Å². The minimum Gasteiger partial charge on any atom is -0.508 e. The fourth-order valence-electron chi connectivity index (χ4n) is 4.07. The maximum atomic E-state index is 13.4. The summed E-state index contributed by atoms with van der Waals surface area (Å²) in [6, 6.07) is 21.8. The van der Waals surface area contributed by atoms with Crippen LogP contribution < -0.4 is 0 Å². The minimum atomic E-state index is -3.73. The van der Waals surface area contributed by atoms with Gasteiger partial charge >= 0.3 is 0 Å². The van der Waals surface area contributed by atoms with Crippen molar-refractivity contribution in [2.75, 3.05) is 13.1 Å². The molecule has 1 aliphatic rings. The number of sulfonamides is 1. The number of hydrogen-bond acceptors (Lipinski definition) is 4. The Balaban J connectivity index is 1.75. The molecule has 28 heavy (non-hydrogen) atoms. The van der Waals surface area contributed by atoms with Crippen LogP contribution in [0.1, 0.15) is 17.9 Å². The van der Waals surface area contributed by atoms with Crippen LogP contribution >= 0.6 is 0 Å². The largest absolute Gasteiger partial charge is 0.508 e. The van der Waals surface area contributed by atoms with Crippen LogP contribution in [0.2, 0.25) is 0 Å². The molecule has 1 fully saturated rings. The normalized spacial score (nSPS) is 20.2. The van der Waals surface area contributed by atoms with Crippen LogP contribution in [-0.4, -0.2) is 30.9 Å². The maximum Gasteiger partial charge on any atom is 0.243 e. The number of phenolic OH excluding ortho intramolecular Hbond substituents is 1. The van der Waals surface area contributed by atoms with Crippen LogP contribution in [-0.2, 0) is 10.0 Å². The lowest BCUT2D eigenvalue weighted by Crippen LogP contribution is -2.29. The van der Waals surface area contributed by atoms with E-state index in [-0.39, 0.29) is 42.0 Å². The molecule has 1 heterocycles. The van der Waals surface area contributed by atoms with Gasteiger partial charge in [-0.3, -0.25) is 0 Å². The molecule has 0 bridgehead atoms. The van der Waals surface area contributed by atoms with Crippen molar-refractivity contribution in [1.29, 1.82) is 5.26 Å². The Labute approximate surface area is 164 Å². The van der Waals surface area contributed by atoms with Crippen LogP contribution in [0, 0.1) is 17.2 Å². The Morgan fingerprint density at radius 2 is 1.71 bits per heavy atom. The van der Waals surface area contributed by atoms with E-state index in [4.69, 9.17) is 0 Å². The first kappa shape index (κ1) is 18.5. The lowest BCUT2D eigenvalue weighted by atomic mass is 9.87. The summed E-state index contributed by atoms with van der Waals surface area (Å²) in [4.78, 5) is 0.277. The Hall–Kier alpha value is -2.88. The van der Waals surface area contributed by atoms with Gasteiger partial charge in [0.05, 0.1) is 11.0 Å². The van der Waals surface area contributed by atoms with Crippen molar-refractivity contribution in [1.82, 2.24) is 4.31 Å². The van der Waals surface area contributed by atoms with E-state index >= 15 is 0 Å². The minimum absolute atomic E-state index is 0.139. The number of fused-ring (bicyclic) bond motifs is 1. The zero-order valence-electron chi connectivity index (χ0n) is 15.2. The first-order chi connectivity index (χ1) is 13.5. The second kappa shape index (κ2) is 7.27. The summed E-state index contributed by atoms with van der Waals surface area (Å²) in [7, 11) is -3.73. The van der Waals surface area contributed by atoms with Gasteiger partial charge in [-0.05, 0) is 29.0 Å². The van der Waals surface area contributed by atoms with Gasteiger partial charge in [-0.15, -0.1) is 0 Å². The third kappa shape index (κ3) is 3.13. The predicted octanol–water partition coefficient (Wildman–Crippen LogP) is 3.86. The summed E-state index contributed by atoms with van der Waals surface area (Å²) >= 11 is 0. The molecule has 5 nitrogen and oxygen atoms in total. The zero-order chi connectivity index (χ0) is 19.7. The third-order valence-corrected chi connectivity index (χ3v) is 7.35.